The Kier molecular flexibility index (Phi) is 5.08. The molecule has 0 aliphatic carbocycles. The highest BCUT2D eigenvalue weighted by Crippen LogP contribution is 2.07. The molecule has 0 amide bonds. The Morgan fingerprint density at radius 3 is 1.75 bits per heavy atom. The summed E-state index contributed by atoms with van der Waals surface area (Å²) in [4.78, 5) is 2.46. The fourth-order valence-corrected chi connectivity index (χ4v) is 1.95. The number of hydrogen-bond donors (Lipinski definition) is 0. The van der Waals surface area contributed by atoms with E-state index in [1.807, 2.05) is 0 Å². The van der Waals surface area contributed by atoms with Crippen molar-refractivity contribution in [1.29, 1.82) is 0 Å². The molecule has 2 saturated heterocycles. The van der Waals surface area contributed by atoms with E-state index < -0.39 is 7.25 Å². The van der Waals surface area contributed by atoms with Crippen LogP contribution in [-0.4, -0.2) is 49.2 Å². The normalized spacial score (nSPS) is 20.8. The van der Waals surface area contributed by atoms with E-state index in [-0.39, 0.29) is 0 Å². The second kappa shape index (κ2) is 6.10. The van der Waals surface area contributed by atoms with Gasteiger partial charge in [-0.15, -0.1) is 0 Å². The largest absolute Gasteiger partial charge is 0.673 e. The summed E-state index contributed by atoms with van der Waals surface area (Å²) in [7, 11) is -6.00. The van der Waals surface area contributed by atoms with Crippen molar-refractivity contribution < 1.29 is 21.8 Å². The van der Waals surface area contributed by atoms with E-state index in [2.05, 4.69) is 15.8 Å². The quantitative estimate of drug-likeness (QED) is 0.295. The van der Waals surface area contributed by atoms with Crippen LogP contribution in [0, 0.1) is 0 Å². The number of rotatable bonds is 1. The zero-order chi connectivity index (χ0) is 12.0. The summed E-state index contributed by atoms with van der Waals surface area (Å²) in [6.07, 6.45) is 7.92. The highest BCUT2D eigenvalue weighted by Gasteiger charge is 2.20. The Balaban J connectivity index is 0.000000221. The van der Waals surface area contributed by atoms with Crippen LogP contribution < -0.4 is 0 Å². The van der Waals surface area contributed by atoms with E-state index in [0.29, 0.717) is 0 Å². The van der Waals surface area contributed by atoms with Gasteiger partial charge in [-0.25, -0.2) is 0 Å². The molecule has 16 heavy (non-hydrogen) atoms. The maximum Gasteiger partial charge on any atom is 0.673 e. The zero-order valence-corrected chi connectivity index (χ0v) is 9.22. The van der Waals surface area contributed by atoms with Crippen LogP contribution in [0.1, 0.15) is 25.7 Å². The van der Waals surface area contributed by atoms with Gasteiger partial charge in [-0.3, -0.25) is 9.48 Å². The minimum Gasteiger partial charge on any atom is -0.418 e. The standard InChI is InChI=1S/C9H17N2.BF4/c1-2-6-10(5-1)9-11-7-3-4-8-11;2-1(3,4)5/h9H,1-8H2;/q+1;-1. The predicted molar refractivity (Wildman–Crippen MR) is 56.3 cm³/mol. The molecule has 0 aromatic heterocycles. The minimum absolute atomic E-state index is 1.29. The molecule has 2 aliphatic heterocycles. The molecule has 0 N–H and O–H groups in total. The van der Waals surface area contributed by atoms with Crippen LogP contribution in [-0.2, 0) is 0 Å². The van der Waals surface area contributed by atoms with Crippen molar-refractivity contribution in [3.05, 3.63) is 0 Å². The molecule has 0 atom stereocenters. The third-order valence-electron chi connectivity index (χ3n) is 2.61. The Morgan fingerprint density at radius 1 is 0.875 bits per heavy atom. The van der Waals surface area contributed by atoms with E-state index in [1.165, 1.54) is 51.9 Å². The lowest BCUT2D eigenvalue weighted by atomic mass is 10.3. The maximum atomic E-state index is 9.75. The first-order valence-electron chi connectivity index (χ1n) is 5.65. The number of halogens is 4. The van der Waals surface area contributed by atoms with Crippen molar-refractivity contribution in [3.8, 4) is 0 Å². The SMILES string of the molecule is C(N1CCCC1)=[N+]1CCCC1.F[B-](F)(F)F. The molecular weight excluding hydrogens is 223 g/mol. The number of likely N-dealkylation sites (tertiary alicyclic amines) is 1. The van der Waals surface area contributed by atoms with Crippen molar-refractivity contribution in [2.75, 3.05) is 26.2 Å². The van der Waals surface area contributed by atoms with Crippen molar-refractivity contribution >= 4 is 13.6 Å². The zero-order valence-electron chi connectivity index (χ0n) is 9.22. The predicted octanol–water partition coefficient (Wildman–Crippen LogP) is 2.22. The minimum atomic E-state index is -6.00. The Hall–Kier alpha value is -0.745. The lowest BCUT2D eigenvalue weighted by Gasteiger charge is -2.04. The van der Waals surface area contributed by atoms with Crippen LogP contribution in [0.4, 0.5) is 17.3 Å². The number of nitrogens with zero attached hydrogens (tertiary/aromatic N) is 2. The van der Waals surface area contributed by atoms with Gasteiger partial charge in [0, 0.05) is 0 Å². The molecule has 0 saturated carbocycles. The summed E-state index contributed by atoms with van der Waals surface area (Å²) in [6, 6.07) is 0. The first kappa shape index (κ1) is 13.3. The highest BCUT2D eigenvalue weighted by atomic mass is 19.5. The fourth-order valence-electron chi connectivity index (χ4n) is 1.95. The fraction of sp³-hybridized carbons (Fsp3) is 0.889. The first-order chi connectivity index (χ1) is 7.45. The van der Waals surface area contributed by atoms with Crippen LogP contribution in [0.3, 0.4) is 0 Å². The molecule has 0 spiro atoms. The summed E-state index contributed by atoms with van der Waals surface area (Å²) in [5.41, 5.74) is 0. The van der Waals surface area contributed by atoms with E-state index in [1.54, 1.807) is 0 Å². The van der Waals surface area contributed by atoms with E-state index >= 15 is 0 Å². The molecule has 7 heteroatoms. The molecular formula is C9H17BF4N2. The maximum absolute atomic E-state index is 9.75. The first-order valence-corrected chi connectivity index (χ1v) is 5.65. The van der Waals surface area contributed by atoms with Gasteiger partial charge in [-0.05, 0) is 25.7 Å². The molecule has 0 aromatic rings. The van der Waals surface area contributed by atoms with Crippen molar-refractivity contribution in [2.45, 2.75) is 25.7 Å². The molecule has 0 bridgehead atoms. The second-order valence-electron chi connectivity index (χ2n) is 4.10. The Bertz CT molecular complexity index is 222. The third-order valence-corrected chi connectivity index (χ3v) is 2.61. The monoisotopic (exact) mass is 240 g/mol. The van der Waals surface area contributed by atoms with Crippen LogP contribution in [0.5, 0.6) is 0 Å². The van der Waals surface area contributed by atoms with Gasteiger partial charge in [-0.2, -0.15) is 0 Å². The smallest absolute Gasteiger partial charge is 0.418 e. The van der Waals surface area contributed by atoms with Crippen LogP contribution in [0.15, 0.2) is 0 Å². The molecule has 2 heterocycles. The molecule has 2 rings (SSSR count). The topological polar surface area (TPSA) is 6.25 Å². The van der Waals surface area contributed by atoms with E-state index in [0.717, 1.165) is 0 Å². The second-order valence-corrected chi connectivity index (χ2v) is 4.10. The highest BCUT2D eigenvalue weighted by molar-refractivity contribution is 6.50. The molecule has 2 fully saturated rings. The van der Waals surface area contributed by atoms with Gasteiger partial charge >= 0.3 is 7.25 Å². The average Bonchev–Trinajstić information content (AvgIpc) is 2.74. The van der Waals surface area contributed by atoms with Gasteiger partial charge in [-0.1, -0.05) is 0 Å². The average molecular weight is 240 g/mol. The molecule has 0 radical (unpaired) electrons. The molecule has 0 aromatic carbocycles. The van der Waals surface area contributed by atoms with Gasteiger partial charge in [0.25, 0.3) is 0 Å². The summed E-state index contributed by atoms with van der Waals surface area (Å²) < 4.78 is 41.5. The van der Waals surface area contributed by atoms with Gasteiger partial charge in [0.15, 0.2) is 0 Å². The van der Waals surface area contributed by atoms with Crippen molar-refractivity contribution in [2.24, 2.45) is 0 Å². The summed E-state index contributed by atoms with van der Waals surface area (Å²) >= 11 is 0. The Morgan fingerprint density at radius 2 is 1.31 bits per heavy atom. The van der Waals surface area contributed by atoms with Crippen molar-refractivity contribution in [3.63, 3.8) is 0 Å². The number of hydrogen-bond acceptors (Lipinski definition) is 0. The summed E-state index contributed by atoms with van der Waals surface area (Å²) in [6.45, 7) is 5.15. The van der Waals surface area contributed by atoms with Gasteiger partial charge in [0.05, 0.1) is 26.2 Å². The van der Waals surface area contributed by atoms with Crippen LogP contribution in [0.2, 0.25) is 0 Å². The van der Waals surface area contributed by atoms with Crippen LogP contribution >= 0.6 is 0 Å². The van der Waals surface area contributed by atoms with Gasteiger partial charge < -0.3 is 17.3 Å². The Labute approximate surface area is 93.0 Å². The molecule has 2 aliphatic rings. The third kappa shape index (κ3) is 6.69. The lowest BCUT2D eigenvalue weighted by Crippen LogP contribution is -2.24. The lowest BCUT2D eigenvalue weighted by molar-refractivity contribution is -0.505. The summed E-state index contributed by atoms with van der Waals surface area (Å²) in [5, 5.41) is 0. The van der Waals surface area contributed by atoms with E-state index in [9.17, 15) is 17.3 Å². The molecule has 2 nitrogen and oxygen atoms in total. The summed E-state index contributed by atoms with van der Waals surface area (Å²) in [5.74, 6) is 0. The molecule has 94 valence electrons. The van der Waals surface area contributed by atoms with E-state index in [4.69, 9.17) is 0 Å². The van der Waals surface area contributed by atoms with Gasteiger partial charge in [0.1, 0.15) is 0 Å². The van der Waals surface area contributed by atoms with Crippen LogP contribution in [0.25, 0.3) is 0 Å². The van der Waals surface area contributed by atoms with Crippen molar-refractivity contribution in [1.82, 2.24) is 4.90 Å². The van der Waals surface area contributed by atoms with Gasteiger partial charge in [0.2, 0.25) is 6.34 Å². The molecule has 0 unspecified atom stereocenters.